The minimum absolute atomic E-state index is 0.221. The summed E-state index contributed by atoms with van der Waals surface area (Å²) in [5.41, 5.74) is 0. The van der Waals surface area contributed by atoms with Crippen molar-refractivity contribution in [3.05, 3.63) is 0 Å². The van der Waals surface area contributed by atoms with E-state index in [-0.39, 0.29) is 9.76 Å². The van der Waals surface area contributed by atoms with Crippen LogP contribution in [0.3, 0.4) is 0 Å². The lowest BCUT2D eigenvalue weighted by Crippen LogP contribution is -2.42. The van der Waals surface area contributed by atoms with Crippen molar-refractivity contribution in [3.8, 4) is 0 Å². The predicted molar refractivity (Wildman–Crippen MR) is 102 cm³/mol. The Bertz CT molecular complexity index is 317. The Morgan fingerprint density at radius 3 is 1.77 bits per heavy atom. The van der Waals surface area contributed by atoms with E-state index in [1.807, 2.05) is 0 Å². The lowest BCUT2D eigenvalue weighted by Gasteiger charge is -2.24. The summed E-state index contributed by atoms with van der Waals surface area (Å²) in [6.07, 6.45) is 2.77. The van der Waals surface area contributed by atoms with Gasteiger partial charge in [0.15, 0.2) is 9.76 Å². The average molecular weight is 413 g/mol. The van der Waals surface area contributed by atoms with Gasteiger partial charge < -0.3 is 36.7 Å². The number of hydrogen-bond donors (Lipinski definition) is 0. The van der Waals surface area contributed by atoms with E-state index in [4.69, 9.17) is 36.7 Å². The van der Waals surface area contributed by atoms with Crippen LogP contribution >= 0.6 is 0 Å². The Balaban J connectivity index is 0.000000273. The summed E-state index contributed by atoms with van der Waals surface area (Å²) in [7, 11) is 4.04. The summed E-state index contributed by atoms with van der Waals surface area (Å²) >= 11 is 0. The standard InChI is InChI=1S/C9H20O5Si.C7H16O3Si/c1-10-15(11-2,12-3)6-4-5-13-7-9-8-14-9;1-8-11-4-2-3-9-5-7-6-10-7/h9H,4-8H2,1-3H3;7H,2-6,11H2,1H3. The van der Waals surface area contributed by atoms with Crippen LogP contribution in [0.15, 0.2) is 0 Å². The number of epoxide rings is 2. The first-order chi connectivity index (χ1) is 12.7. The molecule has 0 bridgehead atoms. The van der Waals surface area contributed by atoms with E-state index in [1.165, 1.54) is 6.04 Å². The van der Waals surface area contributed by atoms with Crippen molar-refractivity contribution in [2.24, 2.45) is 0 Å². The fraction of sp³-hybridized carbons (Fsp3) is 1.00. The first-order valence-corrected chi connectivity index (χ1v) is 12.7. The summed E-state index contributed by atoms with van der Waals surface area (Å²) in [5.74, 6) is 0. The van der Waals surface area contributed by atoms with Gasteiger partial charge >= 0.3 is 8.80 Å². The van der Waals surface area contributed by atoms with Gasteiger partial charge in [-0.3, -0.25) is 0 Å². The molecule has 2 aliphatic rings. The molecular weight excluding hydrogens is 376 g/mol. The molecule has 156 valence electrons. The van der Waals surface area contributed by atoms with Crippen LogP contribution in [-0.2, 0) is 36.7 Å². The van der Waals surface area contributed by atoms with Crippen molar-refractivity contribution in [1.29, 1.82) is 0 Å². The molecule has 0 aromatic heterocycles. The summed E-state index contributed by atoms with van der Waals surface area (Å²) in [4.78, 5) is 0. The molecule has 0 radical (unpaired) electrons. The summed E-state index contributed by atoms with van der Waals surface area (Å²) in [6.45, 7) is 4.79. The van der Waals surface area contributed by atoms with Crippen LogP contribution in [0.2, 0.25) is 12.1 Å². The minimum atomic E-state index is -2.39. The van der Waals surface area contributed by atoms with Crippen LogP contribution in [0.1, 0.15) is 12.8 Å². The molecule has 0 amide bonds. The fourth-order valence-electron chi connectivity index (χ4n) is 2.16. The van der Waals surface area contributed by atoms with Gasteiger partial charge in [0.05, 0.1) is 26.4 Å². The molecular formula is C16H36O8Si2. The Kier molecular flexibility index (Phi) is 14.0. The molecule has 2 saturated heterocycles. The molecule has 26 heavy (non-hydrogen) atoms. The monoisotopic (exact) mass is 412 g/mol. The quantitative estimate of drug-likeness (QED) is 0.207. The largest absolute Gasteiger partial charge is 0.500 e. The normalized spacial score (nSPS) is 21.7. The van der Waals surface area contributed by atoms with Crippen molar-refractivity contribution in [3.63, 3.8) is 0 Å². The van der Waals surface area contributed by atoms with Gasteiger partial charge in [0.2, 0.25) is 0 Å². The third kappa shape index (κ3) is 12.5. The SMILES string of the molecule is CO[SiH2]CCCOCC1CO1.CO[Si](CCCOCC1CO1)(OC)OC. The minimum Gasteiger partial charge on any atom is -0.427 e. The Morgan fingerprint density at radius 1 is 0.846 bits per heavy atom. The van der Waals surface area contributed by atoms with Gasteiger partial charge in [0.1, 0.15) is 12.2 Å². The number of hydrogen-bond acceptors (Lipinski definition) is 8. The van der Waals surface area contributed by atoms with Crippen LogP contribution in [-0.4, -0.2) is 98.9 Å². The maximum absolute atomic E-state index is 5.42. The zero-order chi connectivity index (χ0) is 19.1. The summed E-state index contributed by atoms with van der Waals surface area (Å²) in [6, 6.07) is 2.00. The molecule has 0 aliphatic carbocycles. The number of ether oxygens (including phenoxy) is 4. The molecule has 2 unspecified atom stereocenters. The highest BCUT2D eigenvalue weighted by molar-refractivity contribution is 6.60. The Morgan fingerprint density at radius 2 is 1.35 bits per heavy atom. The Hall–Kier alpha value is 0.114. The highest BCUT2D eigenvalue weighted by Crippen LogP contribution is 2.15. The zero-order valence-corrected chi connectivity index (χ0v) is 19.1. The van der Waals surface area contributed by atoms with Crippen molar-refractivity contribution in [2.75, 3.05) is 68.1 Å². The van der Waals surface area contributed by atoms with Crippen LogP contribution in [0.25, 0.3) is 0 Å². The molecule has 0 aromatic rings. The smallest absolute Gasteiger partial charge is 0.427 e. The molecule has 2 fully saturated rings. The third-order valence-corrected chi connectivity index (χ3v) is 8.03. The first-order valence-electron chi connectivity index (χ1n) is 9.22. The van der Waals surface area contributed by atoms with Gasteiger partial charge in [-0.05, 0) is 18.9 Å². The van der Waals surface area contributed by atoms with Crippen LogP contribution in [0, 0.1) is 0 Å². The molecule has 0 saturated carbocycles. The molecule has 2 heterocycles. The van der Waals surface area contributed by atoms with E-state index in [0.29, 0.717) is 25.4 Å². The molecule has 0 spiro atoms. The van der Waals surface area contributed by atoms with Gasteiger partial charge in [-0.15, -0.1) is 0 Å². The van der Waals surface area contributed by atoms with Gasteiger partial charge in [0, 0.05) is 47.7 Å². The summed E-state index contributed by atoms with van der Waals surface area (Å²) < 4.78 is 41.7. The van der Waals surface area contributed by atoms with E-state index < -0.39 is 8.80 Å². The highest BCUT2D eigenvalue weighted by atomic mass is 28.4. The number of rotatable bonds is 16. The van der Waals surface area contributed by atoms with Crippen LogP contribution in [0.4, 0.5) is 0 Å². The first kappa shape index (κ1) is 24.2. The van der Waals surface area contributed by atoms with E-state index in [0.717, 1.165) is 45.3 Å². The molecule has 2 rings (SSSR count). The van der Waals surface area contributed by atoms with Crippen molar-refractivity contribution >= 4 is 18.6 Å². The van der Waals surface area contributed by atoms with Gasteiger partial charge in [0.25, 0.3) is 0 Å². The lowest BCUT2D eigenvalue weighted by atomic mass is 10.5. The Labute approximate surface area is 161 Å². The van der Waals surface area contributed by atoms with Crippen molar-refractivity contribution in [1.82, 2.24) is 0 Å². The predicted octanol–water partition coefficient (Wildman–Crippen LogP) is 0.610. The molecule has 0 N–H and O–H groups in total. The molecule has 10 heteroatoms. The van der Waals surface area contributed by atoms with Crippen LogP contribution < -0.4 is 0 Å². The lowest BCUT2D eigenvalue weighted by molar-refractivity contribution is 0.100. The third-order valence-electron chi connectivity index (χ3n) is 4.00. The topological polar surface area (TPSA) is 80.4 Å². The average Bonchev–Trinajstić information content (AvgIpc) is 3.57. The molecule has 2 atom stereocenters. The molecule has 0 aromatic carbocycles. The second-order valence-electron chi connectivity index (χ2n) is 6.16. The second kappa shape index (κ2) is 15.1. The summed E-state index contributed by atoms with van der Waals surface area (Å²) in [5, 5.41) is 0. The fourth-order valence-corrected chi connectivity index (χ4v) is 4.54. The van der Waals surface area contributed by atoms with E-state index in [9.17, 15) is 0 Å². The maximum atomic E-state index is 5.42. The van der Waals surface area contributed by atoms with Crippen LogP contribution in [0.5, 0.6) is 0 Å². The van der Waals surface area contributed by atoms with Crippen molar-refractivity contribution in [2.45, 2.75) is 37.1 Å². The van der Waals surface area contributed by atoms with E-state index in [2.05, 4.69) is 0 Å². The maximum Gasteiger partial charge on any atom is 0.500 e. The highest BCUT2D eigenvalue weighted by Gasteiger charge is 2.36. The second-order valence-corrected chi connectivity index (χ2v) is 10.9. The molecule has 8 nitrogen and oxygen atoms in total. The van der Waals surface area contributed by atoms with Gasteiger partial charge in [-0.2, -0.15) is 0 Å². The molecule has 2 aliphatic heterocycles. The zero-order valence-electron chi connectivity index (χ0n) is 16.7. The van der Waals surface area contributed by atoms with Crippen molar-refractivity contribution < 1.29 is 36.7 Å². The van der Waals surface area contributed by atoms with Gasteiger partial charge in [-0.25, -0.2) is 0 Å². The van der Waals surface area contributed by atoms with Gasteiger partial charge in [-0.1, -0.05) is 0 Å². The van der Waals surface area contributed by atoms with E-state index in [1.54, 1.807) is 28.4 Å². The van der Waals surface area contributed by atoms with E-state index >= 15 is 0 Å².